The first kappa shape index (κ1) is 22.2. The van der Waals surface area contributed by atoms with Gasteiger partial charge in [0.1, 0.15) is 11.8 Å². The van der Waals surface area contributed by atoms with Crippen LogP contribution < -0.4 is 15.4 Å². The van der Waals surface area contributed by atoms with Crippen LogP contribution in [0.2, 0.25) is 0 Å². The van der Waals surface area contributed by atoms with Gasteiger partial charge in [-0.1, -0.05) is 13.8 Å². The molecule has 1 aromatic rings. The Morgan fingerprint density at radius 3 is 2.50 bits per heavy atom. The molecule has 164 valence electrons. The summed E-state index contributed by atoms with van der Waals surface area (Å²) in [7, 11) is 0. The number of hydrogen-bond acceptors (Lipinski definition) is 7. The lowest BCUT2D eigenvalue weighted by Gasteiger charge is -2.24. The minimum atomic E-state index is -1.27. The first-order valence-corrected chi connectivity index (χ1v) is 10.1. The van der Waals surface area contributed by atoms with Crippen LogP contribution in [0.15, 0.2) is 18.2 Å². The minimum Gasteiger partial charge on any atom is -0.493 e. The van der Waals surface area contributed by atoms with E-state index in [0.717, 1.165) is 11.3 Å². The smallest absolute Gasteiger partial charge is 0.252 e. The highest BCUT2D eigenvalue weighted by Crippen LogP contribution is 2.30. The zero-order chi connectivity index (χ0) is 21.9. The van der Waals surface area contributed by atoms with Crippen LogP contribution in [-0.2, 0) is 20.7 Å². The minimum absolute atomic E-state index is 0.0875. The Morgan fingerprint density at radius 2 is 1.90 bits per heavy atom. The molecule has 2 aliphatic rings. The van der Waals surface area contributed by atoms with Crippen LogP contribution in [0, 0.1) is 5.92 Å². The fourth-order valence-electron chi connectivity index (χ4n) is 3.45. The number of nitrogens with one attached hydrogen (secondary N) is 2. The number of rotatable bonds is 10. The van der Waals surface area contributed by atoms with Gasteiger partial charge in [-0.25, -0.2) is 0 Å². The number of epoxide rings is 1. The van der Waals surface area contributed by atoms with Crippen molar-refractivity contribution in [1.82, 2.24) is 10.6 Å². The van der Waals surface area contributed by atoms with E-state index in [1.807, 2.05) is 13.8 Å². The van der Waals surface area contributed by atoms with Crippen molar-refractivity contribution in [3.05, 3.63) is 29.3 Å². The lowest BCUT2D eigenvalue weighted by Crippen LogP contribution is -2.55. The quantitative estimate of drug-likeness (QED) is 0.377. The summed E-state index contributed by atoms with van der Waals surface area (Å²) in [4.78, 5) is 38.0. The molecule has 0 aliphatic carbocycles. The van der Waals surface area contributed by atoms with Crippen LogP contribution >= 0.6 is 0 Å². The zero-order valence-electron chi connectivity index (χ0n) is 17.1. The topological polar surface area (TPSA) is 137 Å². The number of Topliss-reactive ketones (excluding diaryl/α,β-unsaturated/α-hetero) is 1. The largest absolute Gasteiger partial charge is 0.493 e. The number of carbonyl (C=O) groups excluding carboxylic acids is 3. The summed E-state index contributed by atoms with van der Waals surface area (Å²) in [6.07, 6.45) is 1.04. The summed E-state index contributed by atoms with van der Waals surface area (Å²) in [5.41, 5.74) is -0.00279. The lowest BCUT2D eigenvalue weighted by molar-refractivity contribution is -0.133. The number of aliphatic hydroxyl groups excluding tert-OH is 2. The van der Waals surface area contributed by atoms with Crippen LogP contribution in [0.1, 0.15) is 36.2 Å². The molecule has 3 atom stereocenters. The molecule has 1 aromatic carbocycles. The summed E-state index contributed by atoms with van der Waals surface area (Å²) in [6, 6.07) is 2.87. The summed E-state index contributed by atoms with van der Waals surface area (Å²) >= 11 is 0. The van der Waals surface area contributed by atoms with Crippen molar-refractivity contribution in [2.24, 2.45) is 5.92 Å². The van der Waals surface area contributed by atoms with Crippen molar-refractivity contribution < 1.29 is 34.1 Å². The molecule has 0 spiro atoms. The Labute approximate surface area is 174 Å². The van der Waals surface area contributed by atoms with E-state index >= 15 is 0 Å². The molecule has 3 rings (SSSR count). The third kappa shape index (κ3) is 4.80. The molecular weight excluding hydrogens is 392 g/mol. The number of fused-ring (bicyclic) bond motifs is 1. The van der Waals surface area contributed by atoms with E-state index < -0.39 is 48.5 Å². The lowest BCUT2D eigenvalue weighted by atomic mass is 9.92. The maximum atomic E-state index is 12.7. The van der Waals surface area contributed by atoms with E-state index in [4.69, 9.17) is 9.47 Å². The van der Waals surface area contributed by atoms with Crippen molar-refractivity contribution in [3.8, 4) is 5.75 Å². The molecule has 4 N–H and O–H groups in total. The standard InChI is InChI=1S/C21H28N2O7/c1-12(2)7-15(18(26)21(10-25)11-30-21)22-20(28)16(9-24)23-19(27)14-3-4-17-13(8-14)5-6-29-17/h3-4,8,12,15-16,24-25H,5-7,9-11H2,1-2H3,(H,22,28)(H,23,27). The van der Waals surface area contributed by atoms with E-state index in [9.17, 15) is 24.6 Å². The maximum Gasteiger partial charge on any atom is 0.252 e. The second kappa shape index (κ2) is 9.11. The monoisotopic (exact) mass is 420 g/mol. The molecule has 0 saturated carbocycles. The van der Waals surface area contributed by atoms with Crippen molar-refractivity contribution in [2.45, 2.75) is 44.4 Å². The second-order valence-corrected chi connectivity index (χ2v) is 8.13. The van der Waals surface area contributed by atoms with Gasteiger partial charge in [0, 0.05) is 12.0 Å². The Morgan fingerprint density at radius 1 is 1.17 bits per heavy atom. The average Bonchev–Trinajstić information content (AvgIpc) is 3.39. The van der Waals surface area contributed by atoms with Crippen LogP contribution in [0.5, 0.6) is 5.75 Å². The van der Waals surface area contributed by atoms with Crippen LogP contribution in [0.3, 0.4) is 0 Å². The van der Waals surface area contributed by atoms with Gasteiger partial charge < -0.3 is 30.3 Å². The number of benzene rings is 1. The fraction of sp³-hybridized carbons (Fsp3) is 0.571. The Bertz CT molecular complexity index is 820. The first-order chi connectivity index (χ1) is 14.3. The predicted molar refractivity (Wildman–Crippen MR) is 106 cm³/mol. The van der Waals surface area contributed by atoms with E-state index in [-0.39, 0.29) is 12.5 Å². The predicted octanol–water partition coefficient (Wildman–Crippen LogP) is -0.426. The molecule has 30 heavy (non-hydrogen) atoms. The molecule has 0 bridgehead atoms. The van der Waals surface area contributed by atoms with Crippen molar-refractivity contribution in [1.29, 1.82) is 0 Å². The second-order valence-electron chi connectivity index (χ2n) is 8.13. The van der Waals surface area contributed by atoms with E-state index in [1.165, 1.54) is 0 Å². The van der Waals surface area contributed by atoms with Gasteiger partial charge in [0.25, 0.3) is 5.91 Å². The maximum absolute atomic E-state index is 12.7. The van der Waals surface area contributed by atoms with Crippen molar-refractivity contribution in [3.63, 3.8) is 0 Å². The molecule has 9 nitrogen and oxygen atoms in total. The van der Waals surface area contributed by atoms with Gasteiger partial charge in [0.05, 0.1) is 32.5 Å². The number of amides is 2. The highest BCUT2D eigenvalue weighted by molar-refractivity contribution is 6.00. The SMILES string of the molecule is CC(C)CC(NC(=O)C(CO)NC(=O)c1ccc2c(c1)CCO2)C(=O)C1(CO)CO1. The molecule has 1 saturated heterocycles. The van der Waals surface area contributed by atoms with Crippen LogP contribution in [0.4, 0.5) is 0 Å². The number of carbonyl (C=O) groups is 3. The summed E-state index contributed by atoms with van der Waals surface area (Å²) in [5, 5.41) is 24.2. The highest BCUT2D eigenvalue weighted by Gasteiger charge is 2.54. The molecular formula is C21H28N2O7. The van der Waals surface area contributed by atoms with Crippen molar-refractivity contribution >= 4 is 17.6 Å². The number of hydrogen-bond donors (Lipinski definition) is 4. The van der Waals surface area contributed by atoms with E-state index in [2.05, 4.69) is 10.6 Å². The first-order valence-electron chi connectivity index (χ1n) is 10.1. The van der Waals surface area contributed by atoms with Gasteiger partial charge in [0.2, 0.25) is 5.91 Å². The molecule has 2 amide bonds. The third-order valence-electron chi connectivity index (χ3n) is 5.29. The fourth-order valence-corrected chi connectivity index (χ4v) is 3.45. The van der Waals surface area contributed by atoms with Crippen LogP contribution in [-0.4, -0.2) is 71.9 Å². The molecule has 3 unspecified atom stereocenters. The van der Waals surface area contributed by atoms with Crippen LogP contribution in [0.25, 0.3) is 0 Å². The molecule has 0 radical (unpaired) electrons. The number of ether oxygens (including phenoxy) is 2. The van der Waals surface area contributed by atoms with Gasteiger partial charge >= 0.3 is 0 Å². The van der Waals surface area contributed by atoms with Crippen molar-refractivity contribution in [2.75, 3.05) is 26.4 Å². The highest BCUT2D eigenvalue weighted by atomic mass is 16.6. The van der Waals surface area contributed by atoms with Gasteiger partial charge in [-0.15, -0.1) is 0 Å². The Balaban J connectivity index is 1.66. The Kier molecular flexibility index (Phi) is 6.74. The molecule has 2 heterocycles. The summed E-state index contributed by atoms with van der Waals surface area (Å²) in [5.74, 6) is -0.776. The summed E-state index contributed by atoms with van der Waals surface area (Å²) < 4.78 is 10.5. The Hall–Kier alpha value is -2.49. The van der Waals surface area contributed by atoms with Gasteiger partial charge in [-0.2, -0.15) is 0 Å². The molecule has 9 heteroatoms. The average molecular weight is 420 g/mol. The molecule has 2 aliphatic heterocycles. The normalized spacial score (nSPS) is 21.4. The third-order valence-corrected chi connectivity index (χ3v) is 5.29. The number of ketones is 1. The van der Waals surface area contributed by atoms with E-state index in [0.29, 0.717) is 25.0 Å². The molecule has 1 fully saturated rings. The number of aliphatic hydroxyl groups is 2. The molecule has 0 aromatic heterocycles. The van der Waals surface area contributed by atoms with E-state index in [1.54, 1.807) is 18.2 Å². The van der Waals surface area contributed by atoms with Gasteiger partial charge in [0.15, 0.2) is 11.4 Å². The zero-order valence-corrected chi connectivity index (χ0v) is 17.1. The van der Waals surface area contributed by atoms with Gasteiger partial charge in [-0.05, 0) is 36.1 Å². The van der Waals surface area contributed by atoms with Gasteiger partial charge in [-0.3, -0.25) is 14.4 Å². The summed E-state index contributed by atoms with van der Waals surface area (Å²) in [6.45, 7) is 3.37.